The average Bonchev–Trinajstić information content (AvgIpc) is 1.39. The fourth-order valence-corrected chi connectivity index (χ4v) is 0. The van der Waals surface area contributed by atoms with Gasteiger partial charge in [0.15, 0.2) is 0 Å². The Morgan fingerprint density at radius 1 is 1.00 bits per heavy atom. The quantitative estimate of drug-likeness (QED) is 0.253. The van der Waals surface area contributed by atoms with Crippen molar-refractivity contribution in [3.8, 4) is 0 Å². The third-order valence-electron chi connectivity index (χ3n) is 0. The molecule has 6 heavy (non-hydrogen) atoms. The number of nitrogens with zero attached hydrogens (tertiary/aromatic N) is 4. The maximum atomic E-state index is 6.86. The third kappa shape index (κ3) is 3.61. The van der Waals surface area contributed by atoms with Crippen LogP contribution >= 0.6 is 0 Å². The highest BCUT2D eigenvalue weighted by Gasteiger charge is 0.976. The van der Waals surface area contributed by atoms with Gasteiger partial charge in [-0.25, -0.2) is 0 Å². The summed E-state index contributed by atoms with van der Waals surface area (Å²) >= 11 is 0. The first-order chi connectivity index (χ1) is 2.83. The van der Waals surface area contributed by atoms with E-state index in [-0.39, 0.29) is 0 Å². The maximum Gasteiger partial charge on any atom is -0.00208 e. The Balaban J connectivity index is 0. The normalized spacial score (nSPS) is 2.67. The second kappa shape index (κ2) is 64.6. The molecule has 0 bridgehead atoms. The van der Waals surface area contributed by atoms with Crippen LogP contribution in [0, 0.1) is 11.1 Å². The molecule has 0 amide bonds. The van der Waals surface area contributed by atoms with Crippen molar-refractivity contribution in [2.75, 3.05) is 0 Å². The number of hydrogen-bond donors (Lipinski definition) is 2. The molecule has 0 aliphatic carbocycles. The highest BCUT2D eigenvalue weighted by molar-refractivity contribution is 4.18. The van der Waals surface area contributed by atoms with Gasteiger partial charge in [-0.15, -0.1) is 11.1 Å². The van der Waals surface area contributed by atoms with Crippen molar-refractivity contribution in [3.05, 3.63) is 20.9 Å². The van der Waals surface area contributed by atoms with Gasteiger partial charge in [-0.1, -0.05) is 0 Å². The molecule has 0 aromatic rings. The molecule has 0 aromatic heterocycles. The van der Waals surface area contributed by atoms with Gasteiger partial charge < -0.3 is 0 Å². The van der Waals surface area contributed by atoms with Gasteiger partial charge in [-0.05, 0) is 20.9 Å². The van der Waals surface area contributed by atoms with E-state index in [1.165, 1.54) is 0 Å². The first-order valence-corrected chi connectivity index (χ1v) is 0.847. The lowest BCUT2D eigenvalue weighted by molar-refractivity contribution is 1.45. The van der Waals surface area contributed by atoms with Crippen molar-refractivity contribution in [2.24, 2.45) is 0 Å². The van der Waals surface area contributed by atoms with Gasteiger partial charge in [-0.2, -0.15) is 0 Å². The Morgan fingerprint density at radius 3 is 1.00 bits per heavy atom. The van der Waals surface area contributed by atoms with Crippen LogP contribution in [-0.2, 0) is 0 Å². The van der Waals surface area contributed by atoms with Crippen molar-refractivity contribution < 1.29 is 0 Å². The largest absolute Gasteiger partial charge is 0.108 e. The molecule has 0 atom stereocenters. The molecule has 2 N–H and O–H groups in total. The van der Waals surface area contributed by atoms with Crippen LogP contribution in [0.15, 0.2) is 0 Å². The van der Waals surface area contributed by atoms with E-state index in [9.17, 15) is 0 Å². The molecule has 0 saturated carbocycles. The van der Waals surface area contributed by atoms with Crippen molar-refractivity contribution >= 4 is 0 Å². The van der Waals surface area contributed by atoms with Gasteiger partial charge in [0.2, 0.25) is 0 Å². The van der Waals surface area contributed by atoms with E-state index in [0.717, 1.165) is 0 Å². The number of hydrogen-bond acceptors (Lipinski definition) is 2. The standard InChI is InChI=1S/2HN3/c2*1-3-2/h2*1H. The molecule has 32 valence electrons. The summed E-state index contributed by atoms with van der Waals surface area (Å²) in [7, 11) is 0. The van der Waals surface area contributed by atoms with Crippen LogP contribution in [0.5, 0.6) is 0 Å². The average molecular weight is 86.1 g/mol. The summed E-state index contributed by atoms with van der Waals surface area (Å²) < 4.78 is 0. The first-order valence-electron chi connectivity index (χ1n) is 0.847. The van der Waals surface area contributed by atoms with Crippen molar-refractivity contribution in [2.45, 2.75) is 0 Å². The monoisotopic (exact) mass is 86.0 g/mol. The maximum absolute atomic E-state index is 6.86. The summed E-state index contributed by atoms with van der Waals surface area (Å²) in [4.78, 5) is 3.50. The Labute approximate surface area is 33.2 Å². The zero-order valence-corrected chi connectivity index (χ0v) is 2.79. The lowest BCUT2D eigenvalue weighted by atomic mass is 13.0. The summed E-state index contributed by atoms with van der Waals surface area (Å²) in [6, 6.07) is 0. The van der Waals surface area contributed by atoms with E-state index >= 15 is 0 Å². The van der Waals surface area contributed by atoms with E-state index in [0.29, 0.717) is 0 Å². The molecule has 0 heterocycles. The van der Waals surface area contributed by atoms with Crippen LogP contribution in [0.4, 0.5) is 0 Å². The highest BCUT2D eigenvalue weighted by atomic mass is 15.0. The second-order valence-corrected chi connectivity index (χ2v) is 0.200. The minimum Gasteiger partial charge on any atom is -0.108 e. The molecule has 0 fully saturated rings. The zero-order chi connectivity index (χ0) is 5.41. The smallest absolute Gasteiger partial charge is 0.00208 e. The second-order valence-electron chi connectivity index (χ2n) is 0.200. The summed E-state index contributed by atoms with van der Waals surface area (Å²) in [5.74, 6) is 0. The topological polar surface area (TPSA) is 120 Å². The first kappa shape index (κ1) is 8.82. The summed E-state index contributed by atoms with van der Waals surface area (Å²) in [6.07, 6.45) is 0. The lowest BCUT2D eigenvalue weighted by Crippen LogP contribution is -0.769. The highest BCUT2D eigenvalue weighted by Crippen LogP contribution is 1.25. The van der Waals surface area contributed by atoms with Crippen molar-refractivity contribution in [3.63, 3.8) is 0 Å². The Bertz CT molecular complexity index is 54.0. The van der Waals surface area contributed by atoms with Crippen LogP contribution < -0.4 is 0 Å². The predicted molar refractivity (Wildman–Crippen MR) is 18.9 cm³/mol. The predicted octanol–water partition coefficient (Wildman–Crippen LogP) is 1.75. The van der Waals surface area contributed by atoms with Gasteiger partial charge in [-0.3, -0.25) is 0 Å². The molecule has 0 radical (unpaired) electrons. The molecule has 6 heteroatoms. The van der Waals surface area contributed by atoms with Crippen LogP contribution in [0.2, 0.25) is 0 Å². The van der Waals surface area contributed by atoms with Gasteiger partial charge in [0.25, 0.3) is 0 Å². The molecule has 0 aliphatic rings. The van der Waals surface area contributed by atoms with E-state index < -0.39 is 0 Å². The molecule has 0 saturated heterocycles. The Hall–Kier alpha value is -1.38. The molecule has 0 spiro atoms. The van der Waals surface area contributed by atoms with Gasteiger partial charge >= 0.3 is 0 Å². The summed E-state index contributed by atoms with van der Waals surface area (Å²) in [5, 5.41) is 0. The van der Waals surface area contributed by atoms with Crippen LogP contribution in [0.25, 0.3) is 20.9 Å². The van der Waals surface area contributed by atoms with E-state index in [1.807, 2.05) is 0 Å². The van der Waals surface area contributed by atoms with Crippen molar-refractivity contribution in [1.82, 2.24) is 0 Å². The summed E-state index contributed by atoms with van der Waals surface area (Å²) in [6.45, 7) is 0. The molecule has 0 aliphatic heterocycles. The van der Waals surface area contributed by atoms with Gasteiger partial charge in [0.1, 0.15) is 0 Å². The fourth-order valence-electron chi connectivity index (χ4n) is 0. The van der Waals surface area contributed by atoms with Crippen LogP contribution in [0.3, 0.4) is 0 Å². The van der Waals surface area contributed by atoms with E-state index in [1.54, 1.807) is 9.82 Å². The molecule has 0 rings (SSSR count). The number of rotatable bonds is 0. The van der Waals surface area contributed by atoms with Crippen LogP contribution in [0.1, 0.15) is 0 Å². The van der Waals surface area contributed by atoms with E-state index in [4.69, 9.17) is 22.1 Å². The van der Waals surface area contributed by atoms with Crippen molar-refractivity contribution in [1.29, 1.82) is 11.1 Å². The molecular formula is H2N6. The lowest BCUT2D eigenvalue weighted by Gasteiger charge is -1.03. The number of nitrogens with one attached hydrogen (secondary N) is 2. The third-order valence-corrected chi connectivity index (χ3v) is 0. The Morgan fingerprint density at radius 2 is 1.00 bits per heavy atom. The Kier molecular flexibility index (Phi) is 95.0. The minimum absolute atomic E-state index is 1.75. The van der Waals surface area contributed by atoms with Crippen LogP contribution in [-0.4, -0.2) is 0 Å². The van der Waals surface area contributed by atoms with Gasteiger partial charge in [0, 0.05) is 0 Å². The molecule has 0 aromatic carbocycles. The summed E-state index contributed by atoms with van der Waals surface area (Å²) in [5.41, 5.74) is 24.5. The van der Waals surface area contributed by atoms with E-state index in [2.05, 4.69) is 0 Å². The SMILES string of the molecule is [N-]=[N+]=N.[N-]=[N+]=N. The fraction of sp³-hybridized carbons (Fsp3) is 0. The molecule has 6 nitrogen and oxygen atoms in total. The minimum atomic E-state index is 1.75. The molecule has 0 unspecified atom stereocenters. The molecular weight excluding hydrogens is 84.0 g/mol. The zero-order valence-electron chi connectivity index (χ0n) is 2.79. The van der Waals surface area contributed by atoms with Gasteiger partial charge in [0.05, 0.1) is 0 Å².